The van der Waals surface area contributed by atoms with Gasteiger partial charge in [0, 0.05) is 5.41 Å². The molecular formula is C8H12O. The predicted molar refractivity (Wildman–Crippen MR) is 35.9 cm³/mol. The first kappa shape index (κ1) is 6.79. The van der Waals surface area contributed by atoms with Crippen LogP contribution in [-0.4, -0.2) is 6.29 Å². The van der Waals surface area contributed by atoms with Crippen LogP contribution in [0.25, 0.3) is 0 Å². The molecule has 0 aliphatic heterocycles. The fourth-order valence-electron chi connectivity index (χ4n) is 1.33. The van der Waals surface area contributed by atoms with Gasteiger partial charge in [0.15, 0.2) is 0 Å². The maximum Gasteiger partial charge on any atom is 0.126 e. The third-order valence-corrected chi connectivity index (χ3v) is 2.02. The summed E-state index contributed by atoms with van der Waals surface area (Å²) in [6.07, 6.45) is 6.16. The highest BCUT2D eigenvalue weighted by Gasteiger charge is 2.25. The maximum atomic E-state index is 10.4. The van der Waals surface area contributed by atoms with E-state index in [0.717, 1.165) is 32.0 Å². The fourth-order valence-corrected chi connectivity index (χ4v) is 1.33. The third-order valence-electron chi connectivity index (χ3n) is 2.02. The maximum absolute atomic E-state index is 10.4. The van der Waals surface area contributed by atoms with Crippen molar-refractivity contribution in [2.75, 3.05) is 0 Å². The van der Waals surface area contributed by atoms with Gasteiger partial charge in [-0.2, -0.15) is 0 Å². The minimum atomic E-state index is -0.460. The highest BCUT2D eigenvalue weighted by molar-refractivity contribution is 5.60. The summed E-state index contributed by atoms with van der Waals surface area (Å²) in [5, 5.41) is 0. The Balaban J connectivity index is 2.46. The van der Waals surface area contributed by atoms with Crippen LogP contribution in [0.1, 0.15) is 32.1 Å². The summed E-state index contributed by atoms with van der Waals surface area (Å²) in [4.78, 5) is 10.4. The molecule has 0 atom stereocenters. The van der Waals surface area contributed by atoms with E-state index >= 15 is 0 Å². The lowest BCUT2D eigenvalue weighted by molar-refractivity contribution is -0.115. The zero-order valence-electron chi connectivity index (χ0n) is 5.60. The molecule has 2 radical (unpaired) electrons. The normalized spacial score (nSPS) is 25.4. The van der Waals surface area contributed by atoms with E-state index in [4.69, 9.17) is 6.92 Å². The molecule has 0 unspecified atom stereocenters. The van der Waals surface area contributed by atoms with Gasteiger partial charge in [-0.1, -0.05) is 19.3 Å². The quantitative estimate of drug-likeness (QED) is 0.487. The zero-order valence-corrected chi connectivity index (χ0v) is 5.60. The van der Waals surface area contributed by atoms with Crippen LogP contribution in [0.5, 0.6) is 0 Å². The SMILES string of the molecule is [CH]C1(C=O)CCCCC1. The Morgan fingerprint density at radius 2 is 1.78 bits per heavy atom. The largest absolute Gasteiger partial charge is 0.303 e. The lowest BCUT2D eigenvalue weighted by atomic mass is 9.77. The number of hydrogen-bond acceptors (Lipinski definition) is 1. The molecule has 0 aromatic rings. The predicted octanol–water partition coefficient (Wildman–Crippen LogP) is 1.85. The van der Waals surface area contributed by atoms with Gasteiger partial charge >= 0.3 is 0 Å². The Labute approximate surface area is 56.4 Å². The van der Waals surface area contributed by atoms with E-state index in [1.165, 1.54) is 6.42 Å². The Morgan fingerprint density at radius 1 is 1.22 bits per heavy atom. The first-order valence-electron chi connectivity index (χ1n) is 3.52. The van der Waals surface area contributed by atoms with Crippen LogP contribution in [0.4, 0.5) is 0 Å². The average Bonchev–Trinajstić information content (AvgIpc) is 1.90. The molecule has 0 N–H and O–H groups in total. The second kappa shape index (κ2) is 2.51. The summed E-state index contributed by atoms with van der Waals surface area (Å²) in [6, 6.07) is 0. The van der Waals surface area contributed by atoms with Crippen molar-refractivity contribution in [2.45, 2.75) is 32.1 Å². The second-order valence-corrected chi connectivity index (χ2v) is 2.91. The van der Waals surface area contributed by atoms with E-state index in [1.54, 1.807) is 0 Å². The van der Waals surface area contributed by atoms with Gasteiger partial charge in [-0.15, -0.1) is 0 Å². The van der Waals surface area contributed by atoms with E-state index in [9.17, 15) is 4.79 Å². The minimum Gasteiger partial charge on any atom is -0.303 e. The molecular weight excluding hydrogens is 112 g/mol. The van der Waals surface area contributed by atoms with Gasteiger partial charge in [-0.25, -0.2) is 0 Å². The highest BCUT2D eigenvalue weighted by Crippen LogP contribution is 2.32. The van der Waals surface area contributed by atoms with Crippen molar-refractivity contribution in [2.24, 2.45) is 5.41 Å². The summed E-state index contributed by atoms with van der Waals surface area (Å²) in [5.74, 6) is 0. The first-order valence-corrected chi connectivity index (χ1v) is 3.52. The van der Waals surface area contributed by atoms with E-state index in [0.29, 0.717) is 0 Å². The molecule has 0 aromatic heterocycles. The highest BCUT2D eigenvalue weighted by atomic mass is 16.1. The lowest BCUT2D eigenvalue weighted by Crippen LogP contribution is -2.21. The Kier molecular flexibility index (Phi) is 1.89. The van der Waals surface area contributed by atoms with Crippen LogP contribution in [0.3, 0.4) is 0 Å². The lowest BCUT2D eigenvalue weighted by Gasteiger charge is -2.26. The Morgan fingerprint density at radius 3 is 2.11 bits per heavy atom. The monoisotopic (exact) mass is 124 g/mol. The first-order chi connectivity index (χ1) is 4.27. The van der Waals surface area contributed by atoms with Crippen molar-refractivity contribution in [3.05, 3.63) is 6.92 Å². The van der Waals surface area contributed by atoms with Crippen molar-refractivity contribution in [1.82, 2.24) is 0 Å². The summed E-state index contributed by atoms with van der Waals surface area (Å²) in [6.45, 7) is 5.69. The fraction of sp³-hybridized carbons (Fsp3) is 0.750. The van der Waals surface area contributed by atoms with E-state index in [-0.39, 0.29) is 0 Å². The van der Waals surface area contributed by atoms with Crippen LogP contribution in [-0.2, 0) is 4.79 Å². The molecule has 1 rings (SSSR count). The smallest absolute Gasteiger partial charge is 0.126 e. The minimum absolute atomic E-state index is 0.460. The van der Waals surface area contributed by atoms with Crippen LogP contribution in [0.15, 0.2) is 0 Å². The van der Waals surface area contributed by atoms with Crippen LogP contribution < -0.4 is 0 Å². The van der Waals surface area contributed by atoms with Gasteiger partial charge in [0.25, 0.3) is 0 Å². The summed E-state index contributed by atoms with van der Waals surface area (Å²) >= 11 is 0. The van der Waals surface area contributed by atoms with Crippen LogP contribution >= 0.6 is 0 Å². The molecule has 0 aromatic carbocycles. The van der Waals surface area contributed by atoms with E-state index in [1.807, 2.05) is 0 Å². The molecule has 50 valence electrons. The number of carbonyl (C=O) groups is 1. The molecule has 1 aliphatic carbocycles. The van der Waals surface area contributed by atoms with Gasteiger partial charge < -0.3 is 4.79 Å². The van der Waals surface area contributed by atoms with Crippen molar-refractivity contribution in [3.8, 4) is 0 Å². The molecule has 0 saturated heterocycles. The van der Waals surface area contributed by atoms with Crippen molar-refractivity contribution in [3.63, 3.8) is 0 Å². The third kappa shape index (κ3) is 1.54. The van der Waals surface area contributed by atoms with E-state index in [2.05, 4.69) is 0 Å². The van der Waals surface area contributed by atoms with Gasteiger partial charge in [-0.3, -0.25) is 0 Å². The van der Waals surface area contributed by atoms with Crippen molar-refractivity contribution >= 4 is 6.29 Å². The Bertz CT molecular complexity index is 101. The van der Waals surface area contributed by atoms with Crippen molar-refractivity contribution in [1.29, 1.82) is 0 Å². The van der Waals surface area contributed by atoms with Gasteiger partial charge in [0.2, 0.25) is 0 Å². The molecule has 1 fully saturated rings. The average molecular weight is 124 g/mol. The number of carbonyl (C=O) groups excluding carboxylic acids is 1. The number of aldehydes is 1. The van der Waals surface area contributed by atoms with E-state index < -0.39 is 5.41 Å². The van der Waals surface area contributed by atoms with Crippen molar-refractivity contribution < 1.29 is 4.79 Å². The molecule has 9 heavy (non-hydrogen) atoms. The van der Waals surface area contributed by atoms with Gasteiger partial charge in [-0.05, 0) is 19.8 Å². The van der Waals surface area contributed by atoms with Crippen LogP contribution in [0.2, 0.25) is 0 Å². The number of hydrogen-bond donors (Lipinski definition) is 0. The molecule has 1 saturated carbocycles. The molecule has 1 heteroatoms. The molecule has 0 amide bonds. The summed E-state index contributed by atoms with van der Waals surface area (Å²) in [7, 11) is 0. The molecule has 0 spiro atoms. The molecule has 1 nitrogen and oxygen atoms in total. The number of rotatable bonds is 1. The molecule has 0 heterocycles. The van der Waals surface area contributed by atoms with Gasteiger partial charge in [0.1, 0.15) is 6.29 Å². The van der Waals surface area contributed by atoms with Crippen LogP contribution in [0, 0.1) is 12.3 Å². The molecule has 0 bridgehead atoms. The standard InChI is InChI=1S/C8H12O/c1-8(7-9)5-3-2-4-6-8/h1,7H,2-6H2. The summed E-state index contributed by atoms with van der Waals surface area (Å²) < 4.78 is 0. The topological polar surface area (TPSA) is 17.1 Å². The Hall–Kier alpha value is -0.330. The molecule has 1 aliphatic rings. The zero-order chi connectivity index (χ0) is 6.74. The summed E-state index contributed by atoms with van der Waals surface area (Å²) in [5.41, 5.74) is -0.460. The van der Waals surface area contributed by atoms with Gasteiger partial charge in [0.05, 0.1) is 0 Å². The second-order valence-electron chi connectivity index (χ2n) is 2.91.